The van der Waals surface area contributed by atoms with Gasteiger partial charge in [0.25, 0.3) is 0 Å². The number of pyridine rings is 2. The Morgan fingerprint density at radius 2 is 1.62 bits per heavy atom. The molecule has 0 amide bonds. The molecule has 2 aromatic heterocycles. The summed E-state index contributed by atoms with van der Waals surface area (Å²) in [6.45, 7) is 1.95. The molecule has 5 heteroatoms. The van der Waals surface area contributed by atoms with Gasteiger partial charge in [0.1, 0.15) is 15.0 Å². The quantitative estimate of drug-likeness (QED) is 0.442. The Morgan fingerprint density at radius 1 is 0.962 bits per heavy atom. The number of fused-ring (bicyclic) bond motifs is 1. The van der Waals surface area contributed by atoms with Crippen LogP contribution in [0.2, 0.25) is 0 Å². The van der Waals surface area contributed by atoms with E-state index in [1.54, 1.807) is 6.20 Å². The van der Waals surface area contributed by atoms with Gasteiger partial charge in [0.15, 0.2) is 0 Å². The number of benzene rings is 2. The third-order valence-electron chi connectivity index (χ3n) is 4.26. The first-order chi connectivity index (χ1) is 12.7. The maximum atomic E-state index is 13.0. The lowest BCUT2D eigenvalue weighted by molar-refractivity contribution is 1.06. The highest BCUT2D eigenvalue weighted by atomic mass is 127. The van der Waals surface area contributed by atoms with Crippen molar-refractivity contribution in [3.63, 3.8) is 0 Å². The Hall–Kier alpha value is -2.67. The SMILES string of the molecule is Cc1ccnc2c1c(=O)c(I)c(Nc1ccccc1)n2-c1ccccc1. The zero-order valence-corrected chi connectivity index (χ0v) is 16.3. The Bertz CT molecular complexity index is 1140. The van der Waals surface area contributed by atoms with Gasteiger partial charge in [0, 0.05) is 17.6 Å². The molecular formula is C21H16IN3O. The molecule has 128 valence electrons. The van der Waals surface area contributed by atoms with E-state index in [0.717, 1.165) is 22.8 Å². The standard InChI is InChI=1S/C21H16IN3O/c1-14-12-13-23-20-17(14)19(26)18(22)21(24-15-8-4-2-5-9-15)25(20)16-10-6-3-7-11-16/h2-13,24H,1H3. The van der Waals surface area contributed by atoms with Crippen LogP contribution in [0.3, 0.4) is 0 Å². The zero-order chi connectivity index (χ0) is 18.1. The fraction of sp³-hybridized carbons (Fsp3) is 0.0476. The third-order valence-corrected chi connectivity index (χ3v) is 5.26. The van der Waals surface area contributed by atoms with Gasteiger partial charge in [-0.15, -0.1) is 0 Å². The number of rotatable bonds is 3. The van der Waals surface area contributed by atoms with Crippen molar-refractivity contribution in [3.8, 4) is 5.69 Å². The van der Waals surface area contributed by atoms with Gasteiger partial charge in [0.05, 0.1) is 5.39 Å². The first kappa shape index (κ1) is 16.8. The van der Waals surface area contributed by atoms with Crippen molar-refractivity contribution in [1.82, 2.24) is 9.55 Å². The van der Waals surface area contributed by atoms with Gasteiger partial charge < -0.3 is 5.32 Å². The molecule has 2 aromatic carbocycles. The highest BCUT2D eigenvalue weighted by Gasteiger charge is 2.18. The van der Waals surface area contributed by atoms with Crippen molar-refractivity contribution in [2.75, 3.05) is 5.32 Å². The van der Waals surface area contributed by atoms with E-state index in [2.05, 4.69) is 32.9 Å². The number of aromatic nitrogens is 2. The first-order valence-electron chi connectivity index (χ1n) is 8.24. The second-order valence-electron chi connectivity index (χ2n) is 5.98. The highest BCUT2D eigenvalue weighted by molar-refractivity contribution is 14.1. The van der Waals surface area contributed by atoms with Gasteiger partial charge in [-0.05, 0) is 65.4 Å². The Balaban J connectivity index is 2.10. The lowest BCUT2D eigenvalue weighted by Crippen LogP contribution is -2.18. The number of hydrogen-bond donors (Lipinski definition) is 1. The molecule has 0 radical (unpaired) electrons. The Morgan fingerprint density at radius 3 is 2.31 bits per heavy atom. The minimum atomic E-state index is -0.00295. The molecule has 0 unspecified atom stereocenters. The third kappa shape index (κ3) is 2.88. The van der Waals surface area contributed by atoms with Crippen LogP contribution < -0.4 is 10.7 Å². The van der Waals surface area contributed by atoms with Gasteiger partial charge in [-0.1, -0.05) is 36.4 Å². The molecule has 0 bridgehead atoms. The van der Waals surface area contributed by atoms with Crippen molar-refractivity contribution in [2.45, 2.75) is 6.92 Å². The summed E-state index contributed by atoms with van der Waals surface area (Å²) in [6.07, 6.45) is 1.75. The predicted molar refractivity (Wildman–Crippen MR) is 115 cm³/mol. The molecule has 0 aliphatic carbocycles. The van der Waals surface area contributed by atoms with Crippen LogP contribution in [0.15, 0.2) is 77.7 Å². The van der Waals surface area contributed by atoms with Crippen LogP contribution in [0.1, 0.15) is 5.56 Å². The second kappa shape index (κ2) is 6.92. The average Bonchev–Trinajstić information content (AvgIpc) is 2.67. The van der Waals surface area contributed by atoms with Crippen molar-refractivity contribution in [2.24, 2.45) is 0 Å². The molecule has 26 heavy (non-hydrogen) atoms. The van der Waals surface area contributed by atoms with Crippen molar-refractivity contribution in [3.05, 3.63) is 92.3 Å². The maximum absolute atomic E-state index is 13.0. The van der Waals surface area contributed by atoms with Crippen LogP contribution in [0, 0.1) is 10.5 Å². The molecule has 0 aliphatic rings. The van der Waals surface area contributed by atoms with E-state index < -0.39 is 0 Å². The molecule has 0 aliphatic heterocycles. The van der Waals surface area contributed by atoms with Crippen LogP contribution in [0.5, 0.6) is 0 Å². The zero-order valence-electron chi connectivity index (χ0n) is 14.1. The largest absolute Gasteiger partial charge is 0.340 e. The molecule has 2 heterocycles. The van der Waals surface area contributed by atoms with Gasteiger partial charge in [-0.3, -0.25) is 9.36 Å². The number of para-hydroxylation sites is 2. The minimum absolute atomic E-state index is 0.00295. The molecule has 1 N–H and O–H groups in total. The summed E-state index contributed by atoms with van der Waals surface area (Å²) in [5, 5.41) is 4.06. The summed E-state index contributed by atoms with van der Waals surface area (Å²) >= 11 is 2.13. The van der Waals surface area contributed by atoms with E-state index >= 15 is 0 Å². The maximum Gasteiger partial charge on any atom is 0.206 e. The molecule has 0 spiro atoms. The number of hydrogen-bond acceptors (Lipinski definition) is 3. The summed E-state index contributed by atoms with van der Waals surface area (Å²) in [5.74, 6) is 0.721. The minimum Gasteiger partial charge on any atom is -0.340 e. The van der Waals surface area contributed by atoms with E-state index in [1.165, 1.54) is 0 Å². The molecule has 0 fully saturated rings. The first-order valence-corrected chi connectivity index (χ1v) is 9.32. The normalized spacial score (nSPS) is 10.8. The van der Waals surface area contributed by atoms with Gasteiger partial charge in [-0.25, -0.2) is 4.98 Å². The number of nitrogens with zero attached hydrogens (tertiary/aromatic N) is 2. The Kier molecular flexibility index (Phi) is 4.46. The molecule has 4 nitrogen and oxygen atoms in total. The number of aryl methyl sites for hydroxylation is 1. The van der Waals surface area contributed by atoms with Crippen LogP contribution in [0.25, 0.3) is 16.7 Å². The average molecular weight is 453 g/mol. The summed E-state index contributed by atoms with van der Waals surface area (Å²) in [5.41, 5.74) is 3.44. The number of nitrogens with one attached hydrogen (secondary N) is 1. The monoisotopic (exact) mass is 453 g/mol. The van der Waals surface area contributed by atoms with E-state index in [-0.39, 0.29) is 5.43 Å². The summed E-state index contributed by atoms with van der Waals surface area (Å²) in [7, 11) is 0. The van der Waals surface area contributed by atoms with E-state index in [9.17, 15) is 4.79 Å². The summed E-state index contributed by atoms with van der Waals surface area (Å²) in [4.78, 5) is 17.6. The fourth-order valence-corrected chi connectivity index (χ4v) is 3.66. The molecule has 4 rings (SSSR count). The summed E-state index contributed by atoms with van der Waals surface area (Å²) < 4.78 is 2.65. The molecule has 0 saturated carbocycles. The molecule has 0 saturated heterocycles. The number of anilines is 2. The molecule has 0 atom stereocenters. The molecule has 4 aromatic rings. The number of halogens is 1. The summed E-state index contributed by atoms with van der Waals surface area (Å²) in [6, 6.07) is 21.7. The Labute approximate surface area is 164 Å². The van der Waals surface area contributed by atoms with Gasteiger partial charge >= 0.3 is 0 Å². The topological polar surface area (TPSA) is 46.9 Å². The van der Waals surface area contributed by atoms with Crippen molar-refractivity contribution >= 4 is 45.1 Å². The second-order valence-corrected chi connectivity index (χ2v) is 7.06. The molecular weight excluding hydrogens is 437 g/mol. The van der Waals surface area contributed by atoms with Crippen LogP contribution in [0.4, 0.5) is 11.5 Å². The van der Waals surface area contributed by atoms with Crippen molar-refractivity contribution in [1.29, 1.82) is 0 Å². The predicted octanol–water partition coefficient (Wildman–Crippen LogP) is 5.04. The van der Waals surface area contributed by atoms with E-state index in [4.69, 9.17) is 0 Å². The lowest BCUT2D eigenvalue weighted by Gasteiger charge is -2.19. The van der Waals surface area contributed by atoms with Crippen LogP contribution >= 0.6 is 22.6 Å². The van der Waals surface area contributed by atoms with Crippen LogP contribution in [-0.4, -0.2) is 9.55 Å². The fourth-order valence-electron chi connectivity index (χ4n) is 3.01. The lowest BCUT2D eigenvalue weighted by atomic mass is 10.1. The van der Waals surface area contributed by atoms with Gasteiger partial charge in [-0.2, -0.15) is 0 Å². The van der Waals surface area contributed by atoms with Crippen LogP contribution in [-0.2, 0) is 0 Å². The van der Waals surface area contributed by atoms with Crippen molar-refractivity contribution < 1.29 is 0 Å². The highest BCUT2D eigenvalue weighted by Crippen LogP contribution is 2.28. The van der Waals surface area contributed by atoms with Gasteiger partial charge in [0.2, 0.25) is 5.43 Å². The van der Waals surface area contributed by atoms with E-state index in [0.29, 0.717) is 14.6 Å². The van der Waals surface area contributed by atoms with E-state index in [1.807, 2.05) is 78.2 Å². The smallest absolute Gasteiger partial charge is 0.206 e.